The Morgan fingerprint density at radius 2 is 2.05 bits per heavy atom. The monoisotopic (exact) mass is 281 g/mol. The molecule has 1 rings (SSSR count). The van der Waals surface area contributed by atoms with Gasteiger partial charge in [-0.15, -0.1) is 0 Å². The zero-order chi connectivity index (χ0) is 15.0. The van der Waals surface area contributed by atoms with Crippen LogP contribution in [0.15, 0.2) is 6.07 Å². The van der Waals surface area contributed by atoms with Crippen molar-refractivity contribution in [2.24, 2.45) is 0 Å². The van der Waals surface area contributed by atoms with E-state index < -0.39 is 0 Å². The van der Waals surface area contributed by atoms with Gasteiger partial charge in [0.1, 0.15) is 0 Å². The average Bonchev–Trinajstić information content (AvgIpc) is 2.81. The maximum atomic E-state index is 5.71. The Labute approximate surface area is 123 Å². The number of hydrogen-bond acceptors (Lipinski definition) is 3. The molecule has 0 radical (unpaired) electrons. The number of aromatic nitrogens is 2. The van der Waals surface area contributed by atoms with Crippen molar-refractivity contribution in [1.29, 1.82) is 0 Å². The van der Waals surface area contributed by atoms with E-state index in [0.717, 1.165) is 44.5 Å². The van der Waals surface area contributed by atoms with E-state index in [-0.39, 0.29) is 6.10 Å². The van der Waals surface area contributed by atoms with Crippen LogP contribution in [0.1, 0.15) is 51.4 Å². The van der Waals surface area contributed by atoms with Gasteiger partial charge >= 0.3 is 0 Å². The van der Waals surface area contributed by atoms with E-state index in [1.54, 1.807) is 0 Å². The zero-order valence-corrected chi connectivity index (χ0v) is 13.8. The molecule has 2 atom stereocenters. The van der Waals surface area contributed by atoms with Crippen LogP contribution >= 0.6 is 0 Å². The molecule has 1 aromatic heterocycles. The summed E-state index contributed by atoms with van der Waals surface area (Å²) in [7, 11) is 1.82. The first-order valence-corrected chi connectivity index (χ1v) is 7.95. The quantitative estimate of drug-likeness (QED) is 0.716. The highest BCUT2D eigenvalue weighted by Crippen LogP contribution is 2.14. The highest BCUT2D eigenvalue weighted by atomic mass is 16.5. The lowest BCUT2D eigenvalue weighted by atomic mass is 10.0. The number of ether oxygens (including phenoxy) is 1. The molecule has 1 aromatic rings. The molecule has 0 aliphatic carbocycles. The molecule has 1 heterocycles. The molecule has 116 valence electrons. The van der Waals surface area contributed by atoms with Gasteiger partial charge in [0.05, 0.1) is 11.8 Å². The van der Waals surface area contributed by atoms with Crippen molar-refractivity contribution < 1.29 is 4.74 Å². The van der Waals surface area contributed by atoms with Crippen LogP contribution in [-0.2, 0) is 17.7 Å². The first kappa shape index (κ1) is 17.2. The third-order valence-corrected chi connectivity index (χ3v) is 3.70. The molecule has 2 unspecified atom stereocenters. The fourth-order valence-corrected chi connectivity index (χ4v) is 2.70. The van der Waals surface area contributed by atoms with Gasteiger partial charge in [-0.3, -0.25) is 4.68 Å². The summed E-state index contributed by atoms with van der Waals surface area (Å²) in [6.45, 7) is 10.6. The lowest BCUT2D eigenvalue weighted by Gasteiger charge is -2.27. The van der Waals surface area contributed by atoms with Crippen LogP contribution in [0.5, 0.6) is 0 Å². The number of aryl methyl sites for hydroxylation is 2. The Hall–Kier alpha value is -0.870. The van der Waals surface area contributed by atoms with Gasteiger partial charge in [0.15, 0.2) is 0 Å². The topological polar surface area (TPSA) is 39.1 Å². The molecule has 0 bridgehead atoms. The lowest BCUT2D eigenvalue weighted by molar-refractivity contribution is 0.0603. The van der Waals surface area contributed by atoms with Crippen molar-refractivity contribution >= 4 is 0 Å². The molecule has 1 N–H and O–H groups in total. The summed E-state index contributed by atoms with van der Waals surface area (Å²) in [5.74, 6) is 0. The Kier molecular flexibility index (Phi) is 7.85. The van der Waals surface area contributed by atoms with E-state index in [4.69, 9.17) is 4.74 Å². The standard InChI is InChI=1S/C16H31N3O/c1-6-9-16(20-5)15(17-10-7-2)12-14-11-13(4)18-19(14)8-3/h11,15-17H,6-10,12H2,1-5H3. The summed E-state index contributed by atoms with van der Waals surface area (Å²) in [6.07, 6.45) is 4.64. The van der Waals surface area contributed by atoms with Crippen LogP contribution < -0.4 is 5.32 Å². The Bertz CT molecular complexity index is 376. The summed E-state index contributed by atoms with van der Waals surface area (Å²) in [4.78, 5) is 0. The Balaban J connectivity index is 2.81. The molecule has 0 fully saturated rings. The van der Waals surface area contributed by atoms with Gasteiger partial charge in [-0.05, 0) is 39.3 Å². The smallest absolute Gasteiger partial charge is 0.0728 e. The molecule has 20 heavy (non-hydrogen) atoms. The SMILES string of the molecule is CCCNC(Cc1cc(C)nn1CC)C(CCC)OC. The van der Waals surface area contributed by atoms with Gasteiger partial charge in [-0.2, -0.15) is 5.10 Å². The molecule has 4 heteroatoms. The normalized spacial score (nSPS) is 14.4. The van der Waals surface area contributed by atoms with Gasteiger partial charge in [0.2, 0.25) is 0 Å². The van der Waals surface area contributed by atoms with Gasteiger partial charge in [-0.25, -0.2) is 0 Å². The second-order valence-electron chi connectivity index (χ2n) is 5.42. The number of nitrogens with zero attached hydrogens (tertiary/aromatic N) is 2. The Morgan fingerprint density at radius 3 is 2.60 bits per heavy atom. The third-order valence-electron chi connectivity index (χ3n) is 3.70. The predicted octanol–water partition coefficient (Wildman–Crippen LogP) is 2.94. The summed E-state index contributed by atoms with van der Waals surface area (Å²) in [6, 6.07) is 2.56. The first-order valence-electron chi connectivity index (χ1n) is 7.95. The number of nitrogens with one attached hydrogen (secondary N) is 1. The summed E-state index contributed by atoms with van der Waals surface area (Å²) in [5.41, 5.74) is 2.40. The molecule has 0 aromatic carbocycles. The molecule has 0 aliphatic rings. The van der Waals surface area contributed by atoms with Crippen LogP contribution in [-0.4, -0.2) is 35.6 Å². The van der Waals surface area contributed by atoms with Crippen molar-refractivity contribution in [2.75, 3.05) is 13.7 Å². The van der Waals surface area contributed by atoms with Crippen LogP contribution in [0, 0.1) is 6.92 Å². The van der Waals surface area contributed by atoms with E-state index in [9.17, 15) is 0 Å². The maximum absolute atomic E-state index is 5.71. The highest BCUT2D eigenvalue weighted by Gasteiger charge is 2.22. The Morgan fingerprint density at radius 1 is 1.30 bits per heavy atom. The molecule has 0 saturated heterocycles. The van der Waals surface area contributed by atoms with Gasteiger partial charge in [0, 0.05) is 31.8 Å². The minimum absolute atomic E-state index is 0.270. The van der Waals surface area contributed by atoms with Crippen molar-refractivity contribution in [1.82, 2.24) is 15.1 Å². The van der Waals surface area contributed by atoms with Gasteiger partial charge in [0.25, 0.3) is 0 Å². The summed E-state index contributed by atoms with van der Waals surface area (Å²) in [5, 5.41) is 8.19. The molecule has 0 spiro atoms. The molecule has 0 aliphatic heterocycles. The number of hydrogen-bond donors (Lipinski definition) is 1. The number of methoxy groups -OCH3 is 1. The molecule has 0 saturated carbocycles. The van der Waals surface area contributed by atoms with E-state index >= 15 is 0 Å². The second kappa shape index (κ2) is 9.14. The predicted molar refractivity (Wildman–Crippen MR) is 84.1 cm³/mol. The fraction of sp³-hybridized carbons (Fsp3) is 0.812. The van der Waals surface area contributed by atoms with Crippen LogP contribution in [0.2, 0.25) is 0 Å². The molecular formula is C16H31N3O. The van der Waals surface area contributed by atoms with E-state index in [2.05, 4.69) is 48.9 Å². The van der Waals surface area contributed by atoms with Crippen molar-refractivity contribution in [2.45, 2.75) is 72.1 Å². The number of rotatable bonds is 10. The second-order valence-corrected chi connectivity index (χ2v) is 5.42. The first-order chi connectivity index (χ1) is 9.65. The van der Waals surface area contributed by atoms with Crippen LogP contribution in [0.3, 0.4) is 0 Å². The van der Waals surface area contributed by atoms with Crippen molar-refractivity contribution in [3.05, 3.63) is 17.5 Å². The lowest BCUT2D eigenvalue weighted by Crippen LogP contribution is -2.43. The zero-order valence-electron chi connectivity index (χ0n) is 13.8. The van der Waals surface area contributed by atoms with E-state index in [1.165, 1.54) is 5.69 Å². The van der Waals surface area contributed by atoms with Crippen LogP contribution in [0.4, 0.5) is 0 Å². The van der Waals surface area contributed by atoms with E-state index in [0.29, 0.717) is 6.04 Å². The van der Waals surface area contributed by atoms with Crippen LogP contribution in [0.25, 0.3) is 0 Å². The van der Waals surface area contributed by atoms with Crippen molar-refractivity contribution in [3.63, 3.8) is 0 Å². The van der Waals surface area contributed by atoms with Gasteiger partial charge in [-0.1, -0.05) is 20.3 Å². The third kappa shape index (κ3) is 4.91. The van der Waals surface area contributed by atoms with E-state index in [1.807, 2.05) is 7.11 Å². The maximum Gasteiger partial charge on any atom is 0.0728 e. The largest absolute Gasteiger partial charge is 0.380 e. The molecular weight excluding hydrogens is 250 g/mol. The highest BCUT2D eigenvalue weighted by molar-refractivity contribution is 5.11. The molecule has 0 amide bonds. The minimum Gasteiger partial charge on any atom is -0.380 e. The minimum atomic E-state index is 0.270. The molecule has 4 nitrogen and oxygen atoms in total. The fourth-order valence-electron chi connectivity index (χ4n) is 2.70. The average molecular weight is 281 g/mol. The van der Waals surface area contributed by atoms with Gasteiger partial charge < -0.3 is 10.1 Å². The summed E-state index contributed by atoms with van der Waals surface area (Å²) >= 11 is 0. The summed E-state index contributed by atoms with van der Waals surface area (Å²) < 4.78 is 7.82. The van der Waals surface area contributed by atoms with Crippen molar-refractivity contribution in [3.8, 4) is 0 Å².